The van der Waals surface area contributed by atoms with Gasteiger partial charge >= 0.3 is 5.91 Å². The lowest BCUT2D eigenvalue weighted by Gasteiger charge is -2.23. The predicted octanol–water partition coefficient (Wildman–Crippen LogP) is 4.11. The molecule has 2 aliphatic rings. The molecule has 34 heavy (non-hydrogen) atoms. The summed E-state index contributed by atoms with van der Waals surface area (Å²) in [5.41, 5.74) is 0.887. The summed E-state index contributed by atoms with van der Waals surface area (Å²) >= 11 is 1.23. The van der Waals surface area contributed by atoms with Gasteiger partial charge in [-0.25, -0.2) is 4.98 Å². The molecule has 1 aromatic heterocycles. The Morgan fingerprint density at radius 2 is 2.03 bits per heavy atom. The van der Waals surface area contributed by atoms with Gasteiger partial charge in [0.05, 0.1) is 11.6 Å². The molecule has 9 heteroatoms. The van der Waals surface area contributed by atoms with Crippen molar-refractivity contribution in [3.05, 3.63) is 83.4 Å². The van der Waals surface area contributed by atoms with E-state index in [0.717, 1.165) is 0 Å². The number of rotatable bonds is 6. The maximum Gasteiger partial charge on any atom is 0.301 e. The third-order valence-electron chi connectivity index (χ3n) is 5.43. The SMILES string of the molecule is C=CCOc1cccc(C2/C(=C(/O)c3ccc4c(c3)OCCO4)C(=O)C(=O)N2c2nccs2)c1. The standard InChI is InChI=1S/C25H20N2O6S/c1-2-9-31-17-5-3-4-15(13-17)21-20(23(29)24(30)27(21)25-26-8-12-34-25)22(28)16-6-7-18-19(14-16)33-11-10-32-18/h2-8,12-14,21,28H,1,9-11H2/b22-20-. The van der Waals surface area contributed by atoms with Crippen molar-refractivity contribution in [2.75, 3.05) is 24.7 Å². The number of ether oxygens (including phenoxy) is 3. The first-order valence-electron chi connectivity index (χ1n) is 10.5. The zero-order chi connectivity index (χ0) is 23.7. The lowest BCUT2D eigenvalue weighted by molar-refractivity contribution is -0.132. The average molecular weight is 477 g/mol. The highest BCUT2D eigenvalue weighted by Crippen LogP contribution is 2.44. The summed E-state index contributed by atoms with van der Waals surface area (Å²) in [5.74, 6) is -0.324. The van der Waals surface area contributed by atoms with Crippen LogP contribution in [0.3, 0.4) is 0 Å². The molecule has 0 radical (unpaired) electrons. The fraction of sp³-hybridized carbons (Fsp3) is 0.160. The van der Waals surface area contributed by atoms with Crippen molar-refractivity contribution in [2.24, 2.45) is 0 Å². The highest BCUT2D eigenvalue weighted by molar-refractivity contribution is 7.14. The normalized spacial score (nSPS) is 18.7. The summed E-state index contributed by atoms with van der Waals surface area (Å²) < 4.78 is 16.8. The van der Waals surface area contributed by atoms with Crippen LogP contribution in [0.1, 0.15) is 17.2 Å². The van der Waals surface area contributed by atoms with E-state index in [9.17, 15) is 14.7 Å². The van der Waals surface area contributed by atoms with Gasteiger partial charge in [0.25, 0.3) is 5.78 Å². The van der Waals surface area contributed by atoms with Crippen LogP contribution in [0.5, 0.6) is 17.2 Å². The van der Waals surface area contributed by atoms with E-state index in [4.69, 9.17) is 14.2 Å². The van der Waals surface area contributed by atoms with Gasteiger partial charge < -0.3 is 19.3 Å². The maximum absolute atomic E-state index is 13.2. The summed E-state index contributed by atoms with van der Waals surface area (Å²) in [6, 6.07) is 11.0. The molecule has 2 aliphatic heterocycles. The van der Waals surface area contributed by atoms with E-state index in [1.54, 1.807) is 60.1 Å². The molecule has 172 valence electrons. The Hall–Kier alpha value is -4.11. The van der Waals surface area contributed by atoms with Crippen LogP contribution in [0.4, 0.5) is 5.13 Å². The van der Waals surface area contributed by atoms with Crippen LogP contribution < -0.4 is 19.1 Å². The first kappa shape index (κ1) is 21.7. The molecule has 0 bridgehead atoms. The molecule has 1 amide bonds. The third kappa shape index (κ3) is 3.80. The number of aromatic nitrogens is 1. The van der Waals surface area contributed by atoms with Gasteiger partial charge in [0, 0.05) is 17.1 Å². The number of thiazole rings is 1. The molecule has 0 saturated carbocycles. The summed E-state index contributed by atoms with van der Waals surface area (Å²) in [4.78, 5) is 31.9. The van der Waals surface area contributed by atoms with E-state index in [0.29, 0.717) is 53.3 Å². The molecule has 8 nitrogen and oxygen atoms in total. The molecule has 3 heterocycles. The molecule has 1 atom stereocenters. The number of hydrogen-bond acceptors (Lipinski definition) is 8. The maximum atomic E-state index is 13.2. The molecule has 5 rings (SSSR count). The van der Waals surface area contributed by atoms with Gasteiger partial charge in [0.2, 0.25) is 0 Å². The van der Waals surface area contributed by atoms with Gasteiger partial charge in [-0.05, 0) is 35.9 Å². The topological polar surface area (TPSA) is 98.2 Å². The summed E-state index contributed by atoms with van der Waals surface area (Å²) in [6.45, 7) is 4.76. The average Bonchev–Trinajstić information content (AvgIpc) is 3.49. The molecule has 1 N–H and O–H groups in total. The van der Waals surface area contributed by atoms with E-state index in [-0.39, 0.29) is 11.3 Å². The van der Waals surface area contributed by atoms with Crippen LogP contribution in [-0.2, 0) is 9.59 Å². The number of hydrogen-bond donors (Lipinski definition) is 1. The number of ketones is 1. The summed E-state index contributed by atoms with van der Waals surface area (Å²) in [5, 5.41) is 13.4. The number of fused-ring (bicyclic) bond motifs is 1. The van der Waals surface area contributed by atoms with Crippen LogP contribution in [0.2, 0.25) is 0 Å². The first-order valence-corrected chi connectivity index (χ1v) is 11.4. The fourth-order valence-corrected chi connectivity index (χ4v) is 4.62. The molecular weight excluding hydrogens is 456 g/mol. The van der Waals surface area contributed by atoms with Crippen molar-refractivity contribution in [1.82, 2.24) is 4.98 Å². The molecule has 1 fully saturated rings. The van der Waals surface area contributed by atoms with Gasteiger partial charge in [-0.3, -0.25) is 14.5 Å². The monoisotopic (exact) mass is 476 g/mol. The van der Waals surface area contributed by atoms with Crippen molar-refractivity contribution in [3.8, 4) is 17.2 Å². The second kappa shape index (κ2) is 9.03. The van der Waals surface area contributed by atoms with Crippen LogP contribution in [0, 0.1) is 0 Å². The van der Waals surface area contributed by atoms with E-state index < -0.39 is 17.7 Å². The largest absolute Gasteiger partial charge is 0.507 e. The van der Waals surface area contributed by atoms with E-state index in [2.05, 4.69) is 11.6 Å². The number of aliphatic hydroxyl groups excluding tert-OH is 1. The highest BCUT2D eigenvalue weighted by atomic mass is 32.1. The smallest absolute Gasteiger partial charge is 0.301 e. The zero-order valence-electron chi connectivity index (χ0n) is 18.0. The Balaban J connectivity index is 1.66. The third-order valence-corrected chi connectivity index (χ3v) is 6.20. The second-order valence-corrected chi connectivity index (χ2v) is 8.39. The van der Waals surface area contributed by atoms with E-state index >= 15 is 0 Å². The number of Topliss-reactive ketones (excluding diaryl/α,β-unsaturated/α-hetero) is 1. The van der Waals surface area contributed by atoms with Crippen LogP contribution in [0.15, 0.2) is 72.3 Å². The molecule has 1 unspecified atom stereocenters. The quantitative estimate of drug-likeness (QED) is 0.247. The Morgan fingerprint density at radius 3 is 2.79 bits per heavy atom. The highest BCUT2D eigenvalue weighted by Gasteiger charge is 2.48. The lowest BCUT2D eigenvalue weighted by atomic mass is 9.95. The number of benzene rings is 2. The number of amides is 1. The van der Waals surface area contributed by atoms with Crippen molar-refractivity contribution in [1.29, 1.82) is 0 Å². The number of carbonyl (C=O) groups is 2. The van der Waals surface area contributed by atoms with Gasteiger partial charge in [-0.2, -0.15) is 0 Å². The van der Waals surface area contributed by atoms with Gasteiger partial charge in [-0.1, -0.05) is 24.8 Å². The van der Waals surface area contributed by atoms with Gasteiger partial charge in [0.1, 0.15) is 31.3 Å². The zero-order valence-corrected chi connectivity index (χ0v) is 18.8. The minimum absolute atomic E-state index is 0.0438. The fourth-order valence-electron chi connectivity index (χ4n) is 3.96. The van der Waals surface area contributed by atoms with E-state index in [1.165, 1.54) is 16.2 Å². The van der Waals surface area contributed by atoms with Crippen LogP contribution >= 0.6 is 11.3 Å². The molecule has 1 saturated heterocycles. The summed E-state index contributed by atoms with van der Waals surface area (Å²) in [7, 11) is 0. The Morgan fingerprint density at radius 1 is 1.21 bits per heavy atom. The van der Waals surface area contributed by atoms with Crippen molar-refractivity contribution in [3.63, 3.8) is 0 Å². The Bertz CT molecular complexity index is 1300. The number of aliphatic hydroxyl groups is 1. The molecule has 0 aliphatic carbocycles. The van der Waals surface area contributed by atoms with Crippen molar-refractivity contribution < 1.29 is 28.9 Å². The number of nitrogens with zero attached hydrogens (tertiary/aromatic N) is 2. The van der Waals surface area contributed by atoms with Crippen molar-refractivity contribution in [2.45, 2.75) is 6.04 Å². The minimum atomic E-state index is -0.897. The molecule has 3 aromatic rings. The second-order valence-electron chi connectivity index (χ2n) is 7.51. The number of carbonyl (C=O) groups excluding carboxylic acids is 2. The molecule has 2 aromatic carbocycles. The minimum Gasteiger partial charge on any atom is -0.507 e. The predicted molar refractivity (Wildman–Crippen MR) is 126 cm³/mol. The van der Waals surface area contributed by atoms with Crippen LogP contribution in [0.25, 0.3) is 5.76 Å². The Kier molecular flexibility index (Phi) is 5.77. The summed E-state index contributed by atoms with van der Waals surface area (Å²) in [6.07, 6.45) is 3.18. The first-order chi connectivity index (χ1) is 16.6. The van der Waals surface area contributed by atoms with Gasteiger partial charge in [0.15, 0.2) is 16.6 Å². The van der Waals surface area contributed by atoms with Crippen molar-refractivity contribution >= 4 is 33.9 Å². The number of anilines is 1. The van der Waals surface area contributed by atoms with Gasteiger partial charge in [-0.15, -0.1) is 11.3 Å². The molecule has 0 spiro atoms. The molecular formula is C25H20N2O6S. The Labute approximate surface area is 199 Å². The van der Waals surface area contributed by atoms with E-state index in [1.807, 2.05) is 0 Å². The lowest BCUT2D eigenvalue weighted by Crippen LogP contribution is -2.29. The van der Waals surface area contributed by atoms with Crippen LogP contribution in [-0.4, -0.2) is 41.6 Å².